The molecule has 0 heterocycles. The van der Waals surface area contributed by atoms with Gasteiger partial charge in [-0.1, -0.05) is 16.8 Å². The lowest BCUT2D eigenvalue weighted by atomic mass is 10.2. The molecule has 0 saturated heterocycles. The Morgan fingerprint density at radius 1 is 1.24 bits per heavy atom. The predicted molar refractivity (Wildman–Crippen MR) is 75.1 cm³/mol. The third-order valence-electron chi connectivity index (χ3n) is 2.75. The number of nitrogens with zero attached hydrogens (tertiary/aromatic N) is 1. The smallest absolute Gasteiger partial charge is 0.198 e. The maximum Gasteiger partial charge on any atom is 0.198 e. The van der Waals surface area contributed by atoms with E-state index in [9.17, 15) is 8.78 Å². The number of hydrogen-bond donors (Lipinski definition) is 2. The predicted octanol–water partition coefficient (Wildman–Crippen LogP) is 3.81. The molecule has 0 unspecified atom stereocenters. The van der Waals surface area contributed by atoms with Gasteiger partial charge in [-0.3, -0.25) is 0 Å². The molecule has 0 atom stereocenters. The first kappa shape index (κ1) is 15.1. The second-order valence-corrected chi connectivity index (χ2v) is 4.70. The fraction of sp³-hybridized carbons (Fsp3) is 0.0714. The topological polar surface area (TPSA) is 67.8 Å². The van der Waals surface area contributed by atoms with Crippen molar-refractivity contribution in [2.45, 2.75) is 6.92 Å². The molecule has 0 aromatic heterocycles. The van der Waals surface area contributed by atoms with Gasteiger partial charge in [0.15, 0.2) is 23.2 Å². The maximum atomic E-state index is 13.9. The lowest BCUT2D eigenvalue weighted by molar-refractivity contribution is 0.318. The highest BCUT2D eigenvalue weighted by atomic mass is 35.5. The average Bonchev–Trinajstić information content (AvgIpc) is 2.43. The molecule has 3 N–H and O–H groups in total. The van der Waals surface area contributed by atoms with E-state index >= 15 is 0 Å². The van der Waals surface area contributed by atoms with Crippen molar-refractivity contribution in [3.63, 3.8) is 0 Å². The molecule has 0 bridgehead atoms. The number of oxime groups is 1. The Labute approximate surface area is 124 Å². The van der Waals surface area contributed by atoms with Gasteiger partial charge in [0.05, 0.1) is 0 Å². The average molecular weight is 313 g/mol. The van der Waals surface area contributed by atoms with Gasteiger partial charge in [0, 0.05) is 10.6 Å². The summed E-state index contributed by atoms with van der Waals surface area (Å²) < 4.78 is 33.1. The number of rotatable bonds is 3. The molecule has 2 rings (SSSR count). The van der Waals surface area contributed by atoms with E-state index in [-0.39, 0.29) is 11.3 Å². The molecule has 0 fully saturated rings. The van der Waals surface area contributed by atoms with E-state index < -0.39 is 23.2 Å². The molecule has 0 amide bonds. The van der Waals surface area contributed by atoms with Gasteiger partial charge in [-0.2, -0.15) is 0 Å². The number of hydrogen-bond acceptors (Lipinski definition) is 3. The van der Waals surface area contributed by atoms with Crippen molar-refractivity contribution in [2.24, 2.45) is 10.9 Å². The quantitative estimate of drug-likeness (QED) is 0.392. The first-order valence-corrected chi connectivity index (χ1v) is 6.21. The van der Waals surface area contributed by atoms with Crippen LogP contribution in [0.15, 0.2) is 35.5 Å². The summed E-state index contributed by atoms with van der Waals surface area (Å²) in [6.07, 6.45) is 0. The van der Waals surface area contributed by atoms with E-state index in [0.29, 0.717) is 10.6 Å². The Morgan fingerprint density at radius 2 is 1.86 bits per heavy atom. The molecular weight excluding hydrogens is 302 g/mol. The third kappa shape index (κ3) is 3.22. The molecule has 21 heavy (non-hydrogen) atoms. The fourth-order valence-electron chi connectivity index (χ4n) is 1.70. The summed E-state index contributed by atoms with van der Waals surface area (Å²) in [5.41, 5.74) is 5.82. The summed E-state index contributed by atoms with van der Waals surface area (Å²) in [7, 11) is 0. The highest BCUT2D eigenvalue weighted by Crippen LogP contribution is 2.31. The summed E-state index contributed by atoms with van der Waals surface area (Å²) in [5.74, 6) is -2.64. The van der Waals surface area contributed by atoms with E-state index in [0.717, 1.165) is 12.1 Å². The molecule has 0 aliphatic rings. The second-order valence-electron chi connectivity index (χ2n) is 4.27. The van der Waals surface area contributed by atoms with Crippen LogP contribution in [0.1, 0.15) is 11.1 Å². The van der Waals surface area contributed by atoms with E-state index in [1.807, 2.05) is 0 Å². The van der Waals surface area contributed by atoms with Gasteiger partial charge in [0.2, 0.25) is 0 Å². The summed E-state index contributed by atoms with van der Waals surface area (Å²) in [6, 6.07) is 6.49. The zero-order valence-corrected chi connectivity index (χ0v) is 11.7. The molecule has 4 nitrogen and oxygen atoms in total. The molecule has 0 radical (unpaired) electrons. The van der Waals surface area contributed by atoms with E-state index in [1.165, 1.54) is 6.07 Å². The van der Waals surface area contributed by atoms with Crippen LogP contribution >= 0.6 is 11.6 Å². The number of benzene rings is 2. The number of halogens is 3. The van der Waals surface area contributed by atoms with Crippen LogP contribution in [0.3, 0.4) is 0 Å². The Hall–Kier alpha value is -2.34. The van der Waals surface area contributed by atoms with E-state index in [1.54, 1.807) is 19.1 Å². The molecule has 7 heteroatoms. The summed E-state index contributed by atoms with van der Waals surface area (Å²) in [4.78, 5) is 0. The van der Waals surface area contributed by atoms with Crippen molar-refractivity contribution in [2.75, 3.05) is 0 Å². The zero-order valence-electron chi connectivity index (χ0n) is 10.9. The largest absolute Gasteiger partial charge is 0.451 e. The minimum Gasteiger partial charge on any atom is -0.451 e. The van der Waals surface area contributed by atoms with Crippen molar-refractivity contribution in [3.8, 4) is 11.5 Å². The van der Waals surface area contributed by atoms with Crippen LogP contribution in [-0.4, -0.2) is 11.0 Å². The normalized spacial score (nSPS) is 11.5. The van der Waals surface area contributed by atoms with E-state index in [2.05, 4.69) is 5.16 Å². The fourth-order valence-corrected chi connectivity index (χ4v) is 1.93. The van der Waals surface area contributed by atoms with Crippen molar-refractivity contribution >= 4 is 17.4 Å². The molecule has 0 spiro atoms. The van der Waals surface area contributed by atoms with Gasteiger partial charge in [0.1, 0.15) is 5.75 Å². The number of amidine groups is 1. The zero-order chi connectivity index (χ0) is 15.6. The Balaban J connectivity index is 2.41. The minimum atomic E-state index is -0.967. The van der Waals surface area contributed by atoms with Crippen LogP contribution in [0.25, 0.3) is 0 Å². The first-order valence-electron chi connectivity index (χ1n) is 5.83. The Morgan fingerprint density at radius 3 is 2.38 bits per heavy atom. The standard InChI is InChI=1S/C14H11ClF2N2O2/c1-7-4-9(15)2-3-12(7)21-13-10(16)5-8(6-11(13)17)14(18)19-20/h2-6,20H,1H3,(H2,18,19). The molecule has 110 valence electrons. The SMILES string of the molecule is Cc1cc(Cl)ccc1Oc1c(F)cc(/C(N)=N/O)cc1F. The molecular formula is C14H11ClF2N2O2. The number of ether oxygens (including phenoxy) is 1. The number of aryl methyl sites for hydroxylation is 1. The van der Waals surface area contributed by atoms with Crippen molar-refractivity contribution in [1.82, 2.24) is 0 Å². The van der Waals surface area contributed by atoms with Crippen LogP contribution in [0, 0.1) is 18.6 Å². The van der Waals surface area contributed by atoms with Crippen LogP contribution in [0.2, 0.25) is 5.02 Å². The lowest BCUT2D eigenvalue weighted by Gasteiger charge is -2.11. The molecule has 2 aromatic rings. The van der Waals surface area contributed by atoms with Gasteiger partial charge >= 0.3 is 0 Å². The summed E-state index contributed by atoms with van der Waals surface area (Å²) in [6.45, 7) is 1.70. The van der Waals surface area contributed by atoms with Crippen LogP contribution in [-0.2, 0) is 0 Å². The monoisotopic (exact) mass is 312 g/mol. The summed E-state index contributed by atoms with van der Waals surface area (Å²) in [5, 5.41) is 11.7. The third-order valence-corrected chi connectivity index (χ3v) is 2.99. The molecule has 0 aliphatic heterocycles. The van der Waals surface area contributed by atoms with Crippen molar-refractivity contribution in [3.05, 3.63) is 58.1 Å². The van der Waals surface area contributed by atoms with Gasteiger partial charge in [-0.25, -0.2) is 8.78 Å². The highest BCUT2D eigenvalue weighted by molar-refractivity contribution is 6.30. The lowest BCUT2D eigenvalue weighted by Crippen LogP contribution is -2.14. The van der Waals surface area contributed by atoms with Crippen LogP contribution < -0.4 is 10.5 Å². The molecule has 0 saturated carbocycles. The molecule has 0 aliphatic carbocycles. The first-order chi connectivity index (χ1) is 9.92. The maximum absolute atomic E-state index is 13.9. The van der Waals surface area contributed by atoms with Crippen molar-refractivity contribution < 1.29 is 18.7 Å². The second kappa shape index (κ2) is 5.97. The van der Waals surface area contributed by atoms with Gasteiger partial charge in [-0.05, 0) is 42.8 Å². The van der Waals surface area contributed by atoms with Crippen LogP contribution in [0.5, 0.6) is 11.5 Å². The Bertz CT molecular complexity index is 697. The summed E-state index contributed by atoms with van der Waals surface area (Å²) >= 11 is 5.80. The highest BCUT2D eigenvalue weighted by Gasteiger charge is 2.16. The minimum absolute atomic E-state index is 0.0901. The van der Waals surface area contributed by atoms with Gasteiger partial charge in [0.25, 0.3) is 0 Å². The molecule has 2 aromatic carbocycles. The van der Waals surface area contributed by atoms with Crippen molar-refractivity contribution in [1.29, 1.82) is 0 Å². The van der Waals surface area contributed by atoms with Gasteiger partial charge in [-0.15, -0.1) is 0 Å². The van der Waals surface area contributed by atoms with E-state index in [4.69, 9.17) is 27.3 Å². The van der Waals surface area contributed by atoms with Crippen LogP contribution in [0.4, 0.5) is 8.78 Å². The van der Waals surface area contributed by atoms with Gasteiger partial charge < -0.3 is 15.7 Å². The Kier molecular flexibility index (Phi) is 4.28. The number of nitrogens with two attached hydrogens (primary N) is 1.